The van der Waals surface area contributed by atoms with Gasteiger partial charge < -0.3 is 10.1 Å². The van der Waals surface area contributed by atoms with E-state index in [-0.39, 0.29) is 23.2 Å². The number of hydrogen-bond acceptors (Lipinski definition) is 7. The van der Waals surface area contributed by atoms with Gasteiger partial charge in [-0.3, -0.25) is 10.1 Å². The van der Waals surface area contributed by atoms with Gasteiger partial charge in [-0.1, -0.05) is 6.92 Å². The summed E-state index contributed by atoms with van der Waals surface area (Å²) >= 11 is 1.80. The average molecular weight is 313 g/mol. The molecular formula is C13H19N3O4S. The Bertz CT molecular complexity index is 510. The summed E-state index contributed by atoms with van der Waals surface area (Å²) in [5.41, 5.74) is -0.113. The number of aromatic nitrogens is 1. The summed E-state index contributed by atoms with van der Waals surface area (Å²) in [6.45, 7) is 4.00. The Hall–Kier alpha value is -1.83. The first kappa shape index (κ1) is 17.2. The van der Waals surface area contributed by atoms with Gasteiger partial charge >= 0.3 is 11.7 Å². The lowest BCUT2D eigenvalue weighted by Gasteiger charge is -2.14. The van der Waals surface area contributed by atoms with Gasteiger partial charge in [0, 0.05) is 12.1 Å². The van der Waals surface area contributed by atoms with Crippen LogP contribution < -0.4 is 5.32 Å². The minimum atomic E-state index is -0.623. The number of rotatable bonds is 8. The second-order valence-corrected chi connectivity index (χ2v) is 5.74. The molecule has 1 heterocycles. The average Bonchev–Trinajstić information content (AvgIpc) is 2.46. The maximum Gasteiger partial charge on any atom is 0.356 e. The van der Waals surface area contributed by atoms with Crippen LogP contribution in [0.2, 0.25) is 0 Å². The van der Waals surface area contributed by atoms with Crippen molar-refractivity contribution in [2.75, 3.05) is 23.9 Å². The normalized spacial score (nSPS) is 11.8. The number of pyridine rings is 1. The second-order valence-electron chi connectivity index (χ2n) is 4.34. The summed E-state index contributed by atoms with van der Waals surface area (Å²) < 4.78 is 4.57. The summed E-state index contributed by atoms with van der Waals surface area (Å²) in [6.07, 6.45) is 0.847. The summed E-state index contributed by atoms with van der Waals surface area (Å²) in [5.74, 6) is 1.46. The smallest absolute Gasteiger partial charge is 0.356 e. The zero-order valence-corrected chi connectivity index (χ0v) is 13.1. The standard InChI is InChI=1S/C13H19N3O4S/c1-4-21-8-7-9(2)14-12-11(16(18)19)6-5-10(15-12)13(17)20-3/h5-6,9H,4,7-8H2,1-3H3,(H,14,15). The third kappa shape index (κ3) is 5.22. The highest BCUT2D eigenvalue weighted by molar-refractivity contribution is 7.99. The van der Waals surface area contributed by atoms with E-state index in [4.69, 9.17) is 0 Å². The lowest BCUT2D eigenvalue weighted by Crippen LogP contribution is -2.19. The highest BCUT2D eigenvalue weighted by atomic mass is 32.2. The molecule has 0 aliphatic rings. The van der Waals surface area contributed by atoms with Crippen molar-refractivity contribution >= 4 is 29.2 Å². The van der Waals surface area contributed by atoms with Crippen LogP contribution >= 0.6 is 11.8 Å². The molecule has 0 amide bonds. The van der Waals surface area contributed by atoms with Crippen molar-refractivity contribution in [1.29, 1.82) is 0 Å². The highest BCUT2D eigenvalue weighted by Crippen LogP contribution is 2.23. The summed E-state index contributed by atoms with van der Waals surface area (Å²) in [7, 11) is 1.24. The van der Waals surface area contributed by atoms with Crippen molar-refractivity contribution in [3.63, 3.8) is 0 Å². The number of ether oxygens (including phenoxy) is 1. The van der Waals surface area contributed by atoms with Crippen LogP contribution in [-0.4, -0.2) is 40.5 Å². The van der Waals surface area contributed by atoms with Gasteiger partial charge in [0.15, 0.2) is 5.69 Å². The second kappa shape index (κ2) is 8.46. The number of methoxy groups -OCH3 is 1. The number of hydrogen-bond donors (Lipinski definition) is 1. The zero-order valence-electron chi connectivity index (χ0n) is 12.3. The van der Waals surface area contributed by atoms with Gasteiger partial charge in [0.05, 0.1) is 12.0 Å². The summed E-state index contributed by atoms with van der Waals surface area (Å²) in [6, 6.07) is 2.56. The third-order valence-corrected chi connectivity index (χ3v) is 3.68. The predicted octanol–water partition coefficient (Wildman–Crippen LogP) is 2.72. The Morgan fingerprint density at radius 2 is 2.29 bits per heavy atom. The minimum Gasteiger partial charge on any atom is -0.464 e. The molecule has 0 spiro atoms. The minimum absolute atomic E-state index is 0.0168. The highest BCUT2D eigenvalue weighted by Gasteiger charge is 2.20. The van der Waals surface area contributed by atoms with E-state index in [1.165, 1.54) is 19.2 Å². The van der Waals surface area contributed by atoms with E-state index >= 15 is 0 Å². The van der Waals surface area contributed by atoms with Gasteiger partial charge in [0.2, 0.25) is 5.82 Å². The van der Waals surface area contributed by atoms with Crippen molar-refractivity contribution in [3.05, 3.63) is 27.9 Å². The Balaban J connectivity index is 2.90. The van der Waals surface area contributed by atoms with Crippen LogP contribution in [0.25, 0.3) is 0 Å². The largest absolute Gasteiger partial charge is 0.464 e. The van der Waals surface area contributed by atoms with E-state index in [0.717, 1.165) is 17.9 Å². The number of carbonyl (C=O) groups excluding carboxylic acids is 1. The van der Waals surface area contributed by atoms with E-state index in [0.29, 0.717) is 0 Å². The molecule has 1 rings (SSSR count). The molecule has 8 heteroatoms. The Morgan fingerprint density at radius 3 is 2.86 bits per heavy atom. The Morgan fingerprint density at radius 1 is 1.57 bits per heavy atom. The number of nitrogens with one attached hydrogen (secondary N) is 1. The van der Waals surface area contributed by atoms with Crippen LogP contribution in [0.15, 0.2) is 12.1 Å². The molecule has 0 aromatic carbocycles. The van der Waals surface area contributed by atoms with Crippen LogP contribution in [0.3, 0.4) is 0 Å². The maximum absolute atomic E-state index is 11.5. The molecule has 0 radical (unpaired) electrons. The fraction of sp³-hybridized carbons (Fsp3) is 0.538. The van der Waals surface area contributed by atoms with E-state index in [9.17, 15) is 14.9 Å². The van der Waals surface area contributed by atoms with Crippen LogP contribution in [0.1, 0.15) is 30.8 Å². The first-order chi connectivity index (χ1) is 9.99. The van der Waals surface area contributed by atoms with Crippen molar-refractivity contribution in [2.45, 2.75) is 26.3 Å². The van der Waals surface area contributed by atoms with Gasteiger partial charge in [-0.05, 0) is 30.9 Å². The van der Waals surface area contributed by atoms with Crippen LogP contribution in [-0.2, 0) is 4.74 Å². The molecule has 1 aromatic rings. The molecule has 0 aliphatic heterocycles. The molecule has 1 unspecified atom stereocenters. The topological polar surface area (TPSA) is 94.4 Å². The first-order valence-electron chi connectivity index (χ1n) is 6.57. The molecule has 1 N–H and O–H groups in total. The van der Waals surface area contributed by atoms with Crippen molar-refractivity contribution < 1.29 is 14.5 Å². The maximum atomic E-state index is 11.5. The van der Waals surface area contributed by atoms with E-state index in [2.05, 4.69) is 22.0 Å². The predicted molar refractivity (Wildman–Crippen MR) is 82.9 cm³/mol. The van der Waals surface area contributed by atoms with Gasteiger partial charge in [-0.25, -0.2) is 9.78 Å². The molecular weight excluding hydrogens is 294 g/mol. The van der Waals surface area contributed by atoms with Gasteiger partial charge in [0.25, 0.3) is 0 Å². The molecule has 1 atom stereocenters. The van der Waals surface area contributed by atoms with Gasteiger partial charge in [-0.2, -0.15) is 11.8 Å². The summed E-state index contributed by atoms with van der Waals surface area (Å²) in [4.78, 5) is 26.0. The number of esters is 1. The van der Waals surface area contributed by atoms with Crippen molar-refractivity contribution in [3.8, 4) is 0 Å². The van der Waals surface area contributed by atoms with Gasteiger partial charge in [-0.15, -0.1) is 0 Å². The molecule has 21 heavy (non-hydrogen) atoms. The fourth-order valence-electron chi connectivity index (χ4n) is 1.63. The zero-order chi connectivity index (χ0) is 15.8. The number of carbonyl (C=O) groups is 1. The quantitative estimate of drug-likeness (QED) is 0.341. The molecule has 1 aromatic heterocycles. The Kier molecular flexibility index (Phi) is 6.93. The number of nitro groups is 1. The molecule has 0 bridgehead atoms. The molecule has 0 fully saturated rings. The monoisotopic (exact) mass is 313 g/mol. The van der Waals surface area contributed by atoms with E-state index in [1.807, 2.05) is 6.92 Å². The van der Waals surface area contributed by atoms with E-state index < -0.39 is 10.9 Å². The molecule has 0 saturated carbocycles. The SMILES string of the molecule is CCSCCC(C)Nc1nc(C(=O)OC)ccc1[N+](=O)[O-]. The number of anilines is 1. The van der Waals surface area contributed by atoms with Crippen LogP contribution in [0.4, 0.5) is 11.5 Å². The van der Waals surface area contributed by atoms with Gasteiger partial charge in [0.1, 0.15) is 0 Å². The van der Waals surface area contributed by atoms with Crippen molar-refractivity contribution in [1.82, 2.24) is 4.98 Å². The Labute approximate surface area is 127 Å². The number of thioether (sulfide) groups is 1. The lowest BCUT2D eigenvalue weighted by molar-refractivity contribution is -0.384. The molecule has 7 nitrogen and oxygen atoms in total. The number of nitrogens with zero attached hydrogens (tertiary/aromatic N) is 2. The van der Waals surface area contributed by atoms with E-state index in [1.54, 1.807) is 11.8 Å². The molecule has 0 aliphatic carbocycles. The fourth-order valence-corrected chi connectivity index (χ4v) is 2.44. The van der Waals surface area contributed by atoms with Crippen molar-refractivity contribution in [2.24, 2.45) is 0 Å². The molecule has 116 valence electrons. The lowest BCUT2D eigenvalue weighted by atomic mass is 10.2. The van der Waals surface area contributed by atoms with Crippen LogP contribution in [0, 0.1) is 10.1 Å². The third-order valence-electron chi connectivity index (χ3n) is 2.75. The summed E-state index contributed by atoms with van der Waals surface area (Å²) in [5, 5.41) is 14.0. The molecule has 0 saturated heterocycles. The first-order valence-corrected chi connectivity index (χ1v) is 7.73. The van der Waals surface area contributed by atoms with Crippen LogP contribution in [0.5, 0.6) is 0 Å².